The van der Waals surface area contributed by atoms with Crippen molar-refractivity contribution in [3.05, 3.63) is 18.0 Å². The first-order valence-electron chi connectivity index (χ1n) is 6.20. The number of hydrogen-bond donors (Lipinski definition) is 2. The Bertz CT molecular complexity index is 591. The quantitative estimate of drug-likeness (QED) is 0.856. The Hall–Kier alpha value is -2.11. The van der Waals surface area contributed by atoms with E-state index in [0.717, 1.165) is 17.2 Å². The summed E-state index contributed by atoms with van der Waals surface area (Å²) in [5.74, 6) is 0.902. The van der Waals surface area contributed by atoms with Crippen molar-refractivity contribution in [3.8, 4) is 0 Å². The number of anilines is 1. The first-order chi connectivity index (χ1) is 8.95. The molecule has 0 aliphatic rings. The highest BCUT2D eigenvalue weighted by molar-refractivity contribution is 5.73. The summed E-state index contributed by atoms with van der Waals surface area (Å²) in [5.41, 5.74) is 1.55. The number of H-pyrrole nitrogens is 1. The van der Waals surface area contributed by atoms with Gasteiger partial charge in [-0.25, -0.2) is 9.97 Å². The van der Waals surface area contributed by atoms with Gasteiger partial charge in [-0.05, 0) is 18.1 Å². The Labute approximate surface area is 111 Å². The van der Waals surface area contributed by atoms with Crippen LogP contribution in [0.4, 0.5) is 5.82 Å². The largest absolute Gasteiger partial charge is 0.481 e. The van der Waals surface area contributed by atoms with Crippen LogP contribution in [0.15, 0.2) is 12.1 Å². The average molecular weight is 262 g/mol. The van der Waals surface area contributed by atoms with Gasteiger partial charge in [-0.1, -0.05) is 6.92 Å². The Morgan fingerprint density at radius 1 is 1.42 bits per heavy atom. The Morgan fingerprint density at radius 3 is 2.79 bits per heavy atom. The van der Waals surface area contributed by atoms with Gasteiger partial charge in [0.1, 0.15) is 11.6 Å². The van der Waals surface area contributed by atoms with Crippen LogP contribution in [0, 0.1) is 5.92 Å². The number of pyridine rings is 1. The van der Waals surface area contributed by atoms with Crippen molar-refractivity contribution in [2.45, 2.75) is 19.8 Å². The zero-order valence-corrected chi connectivity index (χ0v) is 11.3. The molecule has 19 heavy (non-hydrogen) atoms. The summed E-state index contributed by atoms with van der Waals surface area (Å²) in [6.45, 7) is 1.90. The number of carboxylic acid groups (broad SMARTS) is 1. The molecule has 0 saturated carbocycles. The van der Waals surface area contributed by atoms with Crippen LogP contribution in [0.5, 0.6) is 0 Å². The van der Waals surface area contributed by atoms with Crippen LogP contribution in [0.1, 0.15) is 19.2 Å². The molecule has 6 heteroatoms. The van der Waals surface area contributed by atoms with E-state index in [1.165, 1.54) is 0 Å². The van der Waals surface area contributed by atoms with Gasteiger partial charge in [-0.2, -0.15) is 0 Å². The molecule has 0 saturated heterocycles. The van der Waals surface area contributed by atoms with Crippen LogP contribution in [0.2, 0.25) is 0 Å². The number of fused-ring (bicyclic) bond motifs is 1. The summed E-state index contributed by atoms with van der Waals surface area (Å²) in [6.07, 6.45) is 0.757. The summed E-state index contributed by atoms with van der Waals surface area (Å²) in [5, 5.41) is 8.75. The molecule has 1 unspecified atom stereocenters. The molecule has 2 N–H and O–H groups in total. The molecular formula is C13H18N4O2. The molecule has 0 fully saturated rings. The number of carbonyl (C=O) groups is 1. The maximum atomic E-state index is 10.6. The first kappa shape index (κ1) is 13.3. The normalized spacial score (nSPS) is 12.6. The molecule has 2 aromatic heterocycles. The third-order valence-corrected chi connectivity index (χ3v) is 2.90. The van der Waals surface area contributed by atoms with Crippen LogP contribution >= 0.6 is 0 Å². The zero-order chi connectivity index (χ0) is 14.0. The molecule has 0 radical (unpaired) electrons. The molecule has 0 aromatic carbocycles. The molecule has 0 amide bonds. The number of carboxylic acids is 1. The number of imidazole rings is 1. The lowest BCUT2D eigenvalue weighted by molar-refractivity contribution is -0.137. The molecule has 0 aliphatic carbocycles. The van der Waals surface area contributed by atoms with Crippen molar-refractivity contribution >= 4 is 23.0 Å². The second-order valence-corrected chi connectivity index (χ2v) is 5.03. The van der Waals surface area contributed by atoms with E-state index >= 15 is 0 Å². The van der Waals surface area contributed by atoms with Crippen molar-refractivity contribution in [2.24, 2.45) is 5.92 Å². The number of aromatic amines is 1. The Balaban J connectivity index is 2.19. The van der Waals surface area contributed by atoms with Gasteiger partial charge in [0.15, 0.2) is 5.65 Å². The summed E-state index contributed by atoms with van der Waals surface area (Å²) < 4.78 is 0. The van der Waals surface area contributed by atoms with Gasteiger partial charge in [0, 0.05) is 26.9 Å². The van der Waals surface area contributed by atoms with Crippen LogP contribution in [-0.4, -0.2) is 40.1 Å². The summed E-state index contributed by atoms with van der Waals surface area (Å²) >= 11 is 0. The van der Waals surface area contributed by atoms with E-state index in [4.69, 9.17) is 5.11 Å². The maximum absolute atomic E-state index is 10.6. The minimum Gasteiger partial charge on any atom is -0.481 e. The number of hydrogen-bond acceptors (Lipinski definition) is 4. The van der Waals surface area contributed by atoms with Crippen molar-refractivity contribution < 1.29 is 9.90 Å². The number of aliphatic carboxylic acids is 1. The Kier molecular flexibility index (Phi) is 3.69. The monoisotopic (exact) mass is 262 g/mol. The van der Waals surface area contributed by atoms with Crippen LogP contribution in [0.25, 0.3) is 11.2 Å². The van der Waals surface area contributed by atoms with E-state index in [1.54, 1.807) is 0 Å². The first-order valence-corrected chi connectivity index (χ1v) is 6.20. The molecular weight excluding hydrogens is 244 g/mol. The lowest BCUT2D eigenvalue weighted by Crippen LogP contribution is -2.10. The van der Waals surface area contributed by atoms with Crippen molar-refractivity contribution in [1.82, 2.24) is 15.0 Å². The van der Waals surface area contributed by atoms with Crippen molar-refractivity contribution in [2.75, 3.05) is 19.0 Å². The lowest BCUT2D eigenvalue weighted by atomic mass is 10.0. The molecule has 0 bridgehead atoms. The number of rotatable bonds is 5. The zero-order valence-electron chi connectivity index (χ0n) is 11.3. The smallest absolute Gasteiger partial charge is 0.303 e. The third kappa shape index (κ3) is 3.21. The lowest BCUT2D eigenvalue weighted by Gasteiger charge is -2.09. The third-order valence-electron chi connectivity index (χ3n) is 2.90. The summed E-state index contributed by atoms with van der Waals surface area (Å²) in [4.78, 5) is 24.6. The van der Waals surface area contributed by atoms with E-state index in [0.29, 0.717) is 12.1 Å². The summed E-state index contributed by atoms with van der Waals surface area (Å²) in [6, 6.07) is 3.86. The highest BCUT2D eigenvalue weighted by Gasteiger charge is 2.12. The number of nitrogens with zero attached hydrogens (tertiary/aromatic N) is 3. The van der Waals surface area contributed by atoms with E-state index in [-0.39, 0.29) is 12.3 Å². The predicted molar refractivity (Wildman–Crippen MR) is 73.3 cm³/mol. The van der Waals surface area contributed by atoms with E-state index in [9.17, 15) is 4.79 Å². The predicted octanol–water partition coefficient (Wildman–Crippen LogP) is 1.68. The number of aromatic nitrogens is 3. The van der Waals surface area contributed by atoms with Gasteiger partial charge in [-0.3, -0.25) is 4.79 Å². The fourth-order valence-corrected chi connectivity index (χ4v) is 1.98. The topological polar surface area (TPSA) is 82.1 Å². The molecule has 2 heterocycles. The van der Waals surface area contributed by atoms with Gasteiger partial charge in [0.2, 0.25) is 0 Å². The van der Waals surface area contributed by atoms with E-state index in [1.807, 2.05) is 38.1 Å². The van der Waals surface area contributed by atoms with Gasteiger partial charge in [0.25, 0.3) is 0 Å². The minimum atomic E-state index is -0.781. The average Bonchev–Trinajstić information content (AvgIpc) is 2.68. The van der Waals surface area contributed by atoms with Gasteiger partial charge in [0.05, 0.1) is 5.52 Å². The molecule has 2 aromatic rings. The van der Waals surface area contributed by atoms with Crippen LogP contribution in [-0.2, 0) is 11.2 Å². The second-order valence-electron chi connectivity index (χ2n) is 5.03. The molecule has 102 valence electrons. The molecule has 0 aliphatic heterocycles. The highest BCUT2D eigenvalue weighted by atomic mass is 16.4. The van der Waals surface area contributed by atoms with Gasteiger partial charge < -0.3 is 15.0 Å². The van der Waals surface area contributed by atoms with E-state index < -0.39 is 5.97 Å². The number of nitrogens with one attached hydrogen (secondary N) is 1. The standard InChI is InChI=1S/C13H18N4O2/c1-8(7-12(18)19)6-10-14-9-4-5-11(17(2)3)16-13(9)15-10/h4-5,8H,6-7H2,1-3H3,(H,18,19)(H,14,15,16). The fraction of sp³-hybridized carbons (Fsp3) is 0.462. The highest BCUT2D eigenvalue weighted by Crippen LogP contribution is 2.17. The summed E-state index contributed by atoms with van der Waals surface area (Å²) in [7, 11) is 3.85. The molecule has 6 nitrogen and oxygen atoms in total. The fourth-order valence-electron chi connectivity index (χ4n) is 1.98. The molecule has 0 spiro atoms. The maximum Gasteiger partial charge on any atom is 0.303 e. The minimum absolute atomic E-state index is 0.0476. The SMILES string of the molecule is CC(CC(=O)O)Cc1nc2nc(N(C)C)ccc2[nH]1. The van der Waals surface area contributed by atoms with Gasteiger partial charge in [-0.15, -0.1) is 0 Å². The van der Waals surface area contributed by atoms with Crippen molar-refractivity contribution in [1.29, 1.82) is 0 Å². The van der Waals surface area contributed by atoms with Crippen molar-refractivity contribution in [3.63, 3.8) is 0 Å². The molecule has 2 rings (SSSR count). The Morgan fingerprint density at radius 2 is 2.16 bits per heavy atom. The van der Waals surface area contributed by atoms with Crippen LogP contribution in [0.3, 0.4) is 0 Å². The van der Waals surface area contributed by atoms with E-state index in [2.05, 4.69) is 15.0 Å². The molecule has 1 atom stereocenters. The second kappa shape index (κ2) is 5.26. The van der Waals surface area contributed by atoms with Gasteiger partial charge >= 0.3 is 5.97 Å². The van der Waals surface area contributed by atoms with Crippen LogP contribution < -0.4 is 4.90 Å².